The lowest BCUT2D eigenvalue weighted by molar-refractivity contribution is 0.331. The van der Waals surface area contributed by atoms with Gasteiger partial charge in [0.25, 0.3) is 0 Å². The lowest BCUT2D eigenvalue weighted by Crippen LogP contribution is -2.37. The van der Waals surface area contributed by atoms with Crippen LogP contribution < -0.4 is 4.72 Å². The minimum absolute atomic E-state index is 0.197. The summed E-state index contributed by atoms with van der Waals surface area (Å²) in [6, 6.07) is 8.29. The van der Waals surface area contributed by atoms with Crippen LogP contribution in [0.1, 0.15) is 24.8 Å². The van der Waals surface area contributed by atoms with Crippen molar-refractivity contribution in [1.29, 1.82) is 0 Å². The molecule has 1 atom stereocenters. The van der Waals surface area contributed by atoms with E-state index in [4.69, 9.17) is 4.42 Å². The third kappa shape index (κ3) is 2.91. The van der Waals surface area contributed by atoms with Crippen molar-refractivity contribution >= 4 is 21.0 Å². The summed E-state index contributed by atoms with van der Waals surface area (Å²) >= 11 is 0. The quantitative estimate of drug-likeness (QED) is 0.916. The number of hydrogen-bond donors (Lipinski definition) is 1. The first-order valence-corrected chi connectivity index (χ1v) is 9.34. The molecule has 1 aliphatic carbocycles. The van der Waals surface area contributed by atoms with Gasteiger partial charge in [0, 0.05) is 24.5 Å². The van der Waals surface area contributed by atoms with Gasteiger partial charge in [0.15, 0.2) is 0 Å². The Morgan fingerprint density at radius 3 is 2.91 bits per heavy atom. The van der Waals surface area contributed by atoms with Gasteiger partial charge in [0.05, 0.1) is 11.5 Å². The second kappa shape index (κ2) is 5.37. The summed E-state index contributed by atoms with van der Waals surface area (Å²) in [5.74, 6) is 0. The molecule has 118 valence electrons. The van der Waals surface area contributed by atoms with Crippen LogP contribution in [0.2, 0.25) is 0 Å². The van der Waals surface area contributed by atoms with Gasteiger partial charge in [-0.1, -0.05) is 6.07 Å². The van der Waals surface area contributed by atoms with Crippen LogP contribution in [0.5, 0.6) is 0 Å². The lowest BCUT2D eigenvalue weighted by Gasteiger charge is -2.16. The minimum Gasteiger partial charge on any atom is -0.464 e. The van der Waals surface area contributed by atoms with Crippen LogP contribution in [-0.2, 0) is 16.6 Å². The molecule has 2 aliphatic rings. The molecule has 2 fully saturated rings. The Morgan fingerprint density at radius 1 is 1.23 bits per heavy atom. The average Bonchev–Trinajstić information content (AvgIpc) is 3.00. The summed E-state index contributed by atoms with van der Waals surface area (Å²) in [5.41, 5.74) is 2.08. The van der Waals surface area contributed by atoms with E-state index in [1.165, 1.54) is 5.56 Å². The van der Waals surface area contributed by atoms with Gasteiger partial charge in [-0.05, 0) is 49.6 Å². The van der Waals surface area contributed by atoms with Gasteiger partial charge >= 0.3 is 0 Å². The number of sulfonamides is 1. The summed E-state index contributed by atoms with van der Waals surface area (Å²) in [5, 5.41) is 0.821. The number of hydrogen-bond acceptors (Lipinski definition) is 4. The van der Waals surface area contributed by atoms with E-state index in [1.807, 2.05) is 12.1 Å². The molecule has 1 N–H and O–H groups in total. The molecule has 5 nitrogen and oxygen atoms in total. The molecule has 22 heavy (non-hydrogen) atoms. The van der Waals surface area contributed by atoms with Crippen molar-refractivity contribution in [2.75, 3.05) is 13.1 Å². The third-order valence-corrected chi connectivity index (χ3v) is 6.42. The van der Waals surface area contributed by atoms with Crippen LogP contribution in [0.3, 0.4) is 0 Å². The van der Waals surface area contributed by atoms with Crippen molar-refractivity contribution < 1.29 is 12.8 Å². The molecule has 1 saturated heterocycles. The van der Waals surface area contributed by atoms with Crippen molar-refractivity contribution in [3.8, 4) is 0 Å². The zero-order valence-electron chi connectivity index (χ0n) is 12.4. The SMILES string of the molecule is O=S(=O)(NC1CC1)C1CCN(Cc2ccc3occc3c2)C1. The Bertz CT molecular complexity index is 780. The zero-order chi connectivity index (χ0) is 15.2. The predicted octanol–water partition coefficient (Wildman–Crippen LogP) is 2.09. The van der Waals surface area contributed by atoms with E-state index >= 15 is 0 Å². The Balaban J connectivity index is 1.41. The zero-order valence-corrected chi connectivity index (χ0v) is 13.2. The maximum atomic E-state index is 12.3. The van der Waals surface area contributed by atoms with Crippen LogP contribution in [0.15, 0.2) is 34.9 Å². The lowest BCUT2D eigenvalue weighted by atomic mass is 10.1. The van der Waals surface area contributed by atoms with E-state index < -0.39 is 10.0 Å². The number of likely N-dealkylation sites (tertiary alicyclic amines) is 1. The highest BCUT2D eigenvalue weighted by Crippen LogP contribution is 2.25. The number of nitrogens with one attached hydrogen (secondary N) is 1. The largest absolute Gasteiger partial charge is 0.464 e. The molecule has 1 aromatic carbocycles. The second-order valence-corrected chi connectivity index (χ2v) is 8.37. The van der Waals surface area contributed by atoms with Crippen LogP contribution in [0.4, 0.5) is 0 Å². The average molecular weight is 320 g/mol. The van der Waals surface area contributed by atoms with Gasteiger partial charge in [-0.2, -0.15) is 0 Å². The van der Waals surface area contributed by atoms with E-state index in [2.05, 4.69) is 21.8 Å². The summed E-state index contributed by atoms with van der Waals surface area (Å²) in [6.45, 7) is 2.24. The third-order valence-electron chi connectivity index (χ3n) is 4.50. The van der Waals surface area contributed by atoms with Crippen LogP contribution in [-0.4, -0.2) is 37.7 Å². The maximum absolute atomic E-state index is 12.3. The highest BCUT2D eigenvalue weighted by atomic mass is 32.2. The molecule has 4 rings (SSSR count). The Kier molecular flexibility index (Phi) is 3.47. The molecule has 2 aromatic rings. The number of benzene rings is 1. The number of nitrogens with zero attached hydrogens (tertiary/aromatic N) is 1. The summed E-state index contributed by atoms with van der Waals surface area (Å²) in [4.78, 5) is 2.22. The van der Waals surface area contributed by atoms with Crippen molar-refractivity contribution in [2.45, 2.75) is 37.1 Å². The van der Waals surface area contributed by atoms with Gasteiger partial charge < -0.3 is 4.42 Å². The Morgan fingerprint density at radius 2 is 2.09 bits per heavy atom. The van der Waals surface area contributed by atoms with Gasteiger partial charge in [0.1, 0.15) is 5.58 Å². The Labute approximate surface area is 130 Å². The fourth-order valence-corrected chi connectivity index (χ4v) is 4.81. The number of furan rings is 1. The normalized spacial score (nSPS) is 23.4. The molecule has 0 radical (unpaired) electrons. The summed E-state index contributed by atoms with van der Waals surface area (Å²) < 4.78 is 32.7. The van der Waals surface area contributed by atoms with Gasteiger partial charge in [-0.15, -0.1) is 0 Å². The molecular weight excluding hydrogens is 300 g/mol. The number of rotatable bonds is 5. The molecule has 1 saturated carbocycles. The molecule has 6 heteroatoms. The number of fused-ring (bicyclic) bond motifs is 1. The molecule has 0 bridgehead atoms. The molecular formula is C16H20N2O3S. The Hall–Kier alpha value is -1.37. The van der Waals surface area contributed by atoms with Gasteiger partial charge in [0.2, 0.25) is 10.0 Å². The highest BCUT2D eigenvalue weighted by molar-refractivity contribution is 7.90. The van der Waals surface area contributed by atoms with E-state index in [9.17, 15) is 8.42 Å². The second-order valence-electron chi connectivity index (χ2n) is 6.38. The fourth-order valence-electron chi connectivity index (χ4n) is 3.10. The maximum Gasteiger partial charge on any atom is 0.216 e. The monoisotopic (exact) mass is 320 g/mol. The standard InChI is InChI=1S/C16H20N2O3S/c19-22(20,17-14-2-3-14)15-5-7-18(11-15)10-12-1-4-16-13(9-12)6-8-21-16/h1,4,6,8-9,14-15,17H,2-3,5,7,10-11H2. The topological polar surface area (TPSA) is 62.6 Å². The molecule has 2 heterocycles. The van der Waals surface area contributed by atoms with Crippen molar-refractivity contribution in [2.24, 2.45) is 0 Å². The first-order valence-electron chi connectivity index (χ1n) is 7.80. The summed E-state index contributed by atoms with van der Waals surface area (Å²) in [7, 11) is -3.15. The fraction of sp³-hybridized carbons (Fsp3) is 0.500. The smallest absolute Gasteiger partial charge is 0.216 e. The molecule has 0 spiro atoms. The first kappa shape index (κ1) is 14.2. The van der Waals surface area contributed by atoms with Crippen LogP contribution in [0, 0.1) is 0 Å². The van der Waals surface area contributed by atoms with Crippen molar-refractivity contribution in [1.82, 2.24) is 9.62 Å². The van der Waals surface area contributed by atoms with E-state index in [0.29, 0.717) is 6.54 Å². The van der Waals surface area contributed by atoms with Crippen molar-refractivity contribution in [3.63, 3.8) is 0 Å². The van der Waals surface area contributed by atoms with Gasteiger partial charge in [-0.3, -0.25) is 4.90 Å². The van der Waals surface area contributed by atoms with E-state index in [-0.39, 0.29) is 11.3 Å². The minimum atomic E-state index is -3.15. The summed E-state index contributed by atoms with van der Waals surface area (Å²) in [6.07, 6.45) is 4.38. The molecule has 1 unspecified atom stereocenters. The highest BCUT2D eigenvalue weighted by Gasteiger charge is 2.36. The van der Waals surface area contributed by atoms with E-state index in [0.717, 1.165) is 43.3 Å². The molecule has 1 aliphatic heterocycles. The molecule has 0 amide bonds. The van der Waals surface area contributed by atoms with Crippen molar-refractivity contribution in [3.05, 3.63) is 36.1 Å². The van der Waals surface area contributed by atoms with Gasteiger partial charge in [-0.25, -0.2) is 13.1 Å². The first-order chi connectivity index (χ1) is 10.6. The van der Waals surface area contributed by atoms with Crippen LogP contribution in [0.25, 0.3) is 11.0 Å². The van der Waals surface area contributed by atoms with Crippen LogP contribution >= 0.6 is 0 Å². The van der Waals surface area contributed by atoms with E-state index in [1.54, 1.807) is 6.26 Å². The molecule has 1 aromatic heterocycles. The predicted molar refractivity (Wildman–Crippen MR) is 85.0 cm³/mol.